The van der Waals surface area contributed by atoms with Gasteiger partial charge in [-0.1, -0.05) is 34.4 Å². The Morgan fingerprint density at radius 2 is 1.78 bits per heavy atom. The fourth-order valence-corrected chi connectivity index (χ4v) is 2.56. The van der Waals surface area contributed by atoms with E-state index in [1.165, 1.54) is 6.21 Å². The Morgan fingerprint density at radius 1 is 1.04 bits per heavy atom. The van der Waals surface area contributed by atoms with Crippen LogP contribution in [0.5, 0.6) is 0 Å². The van der Waals surface area contributed by atoms with E-state index < -0.39 is 0 Å². The molecule has 2 heterocycles. The second-order valence-electron chi connectivity index (χ2n) is 4.60. The SMILES string of the molecule is Cc1onc(-c2c(Cl)cccc2Cl)c1C=NN=Cc1ccco1. The lowest BCUT2D eigenvalue weighted by Crippen LogP contribution is -1.89. The van der Waals surface area contributed by atoms with E-state index in [0.29, 0.717) is 38.4 Å². The second kappa shape index (κ2) is 6.81. The molecule has 0 amide bonds. The van der Waals surface area contributed by atoms with Gasteiger partial charge in [0.05, 0.1) is 34.3 Å². The fraction of sp³-hybridized carbons (Fsp3) is 0.0625. The summed E-state index contributed by atoms with van der Waals surface area (Å²) in [7, 11) is 0. The van der Waals surface area contributed by atoms with E-state index in [-0.39, 0.29) is 0 Å². The third kappa shape index (κ3) is 3.36. The van der Waals surface area contributed by atoms with Crippen LogP contribution >= 0.6 is 23.2 Å². The van der Waals surface area contributed by atoms with E-state index in [2.05, 4.69) is 15.4 Å². The molecule has 0 unspecified atom stereocenters. The first-order chi connectivity index (χ1) is 11.2. The Balaban J connectivity index is 1.93. The molecule has 0 radical (unpaired) electrons. The Morgan fingerprint density at radius 3 is 2.48 bits per heavy atom. The number of aryl methyl sites for hydroxylation is 1. The molecular weight excluding hydrogens is 337 g/mol. The van der Waals surface area contributed by atoms with Gasteiger partial charge in [-0.3, -0.25) is 0 Å². The van der Waals surface area contributed by atoms with Crippen LogP contribution < -0.4 is 0 Å². The molecule has 0 N–H and O–H groups in total. The van der Waals surface area contributed by atoms with Gasteiger partial charge in [0, 0.05) is 5.56 Å². The quantitative estimate of drug-likeness (QED) is 0.492. The number of rotatable bonds is 4. The van der Waals surface area contributed by atoms with E-state index in [1.54, 1.807) is 49.7 Å². The molecule has 0 spiro atoms. The molecular formula is C16H11Cl2N3O2. The number of hydrogen-bond acceptors (Lipinski definition) is 5. The maximum Gasteiger partial charge on any atom is 0.146 e. The molecule has 0 fully saturated rings. The normalized spacial score (nSPS) is 11.8. The standard InChI is InChI=1S/C16H11Cl2N3O2/c1-10-12(9-20-19-8-11-4-3-7-22-11)16(21-23-10)15-13(17)5-2-6-14(15)18/h2-9H,1H3. The van der Waals surface area contributed by atoms with Crippen molar-refractivity contribution in [3.05, 3.63) is 63.7 Å². The molecule has 0 atom stereocenters. The zero-order valence-electron chi connectivity index (χ0n) is 12.0. The third-order valence-electron chi connectivity index (χ3n) is 3.09. The zero-order chi connectivity index (χ0) is 16.2. The van der Waals surface area contributed by atoms with Crippen LogP contribution in [0.4, 0.5) is 0 Å². The molecule has 7 heteroatoms. The molecule has 23 heavy (non-hydrogen) atoms. The summed E-state index contributed by atoms with van der Waals surface area (Å²) in [5.74, 6) is 1.20. The molecule has 5 nitrogen and oxygen atoms in total. The topological polar surface area (TPSA) is 63.9 Å². The lowest BCUT2D eigenvalue weighted by Gasteiger charge is -2.03. The monoisotopic (exact) mass is 347 g/mol. The van der Waals surface area contributed by atoms with Crippen molar-refractivity contribution in [2.45, 2.75) is 6.92 Å². The number of nitrogens with zero attached hydrogens (tertiary/aromatic N) is 3. The Hall–Kier alpha value is -2.37. The molecule has 0 aliphatic heterocycles. The van der Waals surface area contributed by atoms with Crippen molar-refractivity contribution >= 4 is 35.6 Å². The van der Waals surface area contributed by atoms with Gasteiger partial charge < -0.3 is 8.94 Å². The van der Waals surface area contributed by atoms with Gasteiger partial charge in [0.2, 0.25) is 0 Å². The first kappa shape index (κ1) is 15.5. The lowest BCUT2D eigenvalue weighted by atomic mass is 10.1. The van der Waals surface area contributed by atoms with Crippen molar-refractivity contribution in [1.82, 2.24) is 5.16 Å². The number of hydrogen-bond donors (Lipinski definition) is 0. The highest BCUT2D eigenvalue weighted by Crippen LogP contribution is 2.36. The van der Waals surface area contributed by atoms with Crippen LogP contribution in [0.2, 0.25) is 10.0 Å². The number of benzene rings is 1. The van der Waals surface area contributed by atoms with Crippen LogP contribution in [0.25, 0.3) is 11.3 Å². The highest BCUT2D eigenvalue weighted by Gasteiger charge is 2.18. The maximum absolute atomic E-state index is 6.22. The summed E-state index contributed by atoms with van der Waals surface area (Å²) < 4.78 is 10.4. The van der Waals surface area contributed by atoms with Crippen molar-refractivity contribution in [3.8, 4) is 11.3 Å². The van der Waals surface area contributed by atoms with Crippen molar-refractivity contribution in [1.29, 1.82) is 0 Å². The van der Waals surface area contributed by atoms with Crippen LogP contribution in [0.1, 0.15) is 17.1 Å². The van der Waals surface area contributed by atoms with Crippen LogP contribution in [0, 0.1) is 6.92 Å². The predicted octanol–water partition coefficient (Wildman–Crippen LogP) is 5.00. The average molecular weight is 348 g/mol. The number of halogens is 2. The van der Waals surface area contributed by atoms with Crippen molar-refractivity contribution in [2.75, 3.05) is 0 Å². The summed E-state index contributed by atoms with van der Waals surface area (Å²) >= 11 is 12.4. The van der Waals surface area contributed by atoms with Gasteiger partial charge in [-0.05, 0) is 31.2 Å². The summed E-state index contributed by atoms with van der Waals surface area (Å²) in [5, 5.41) is 12.9. The van der Waals surface area contributed by atoms with Gasteiger partial charge in [0.15, 0.2) is 0 Å². The molecule has 0 aliphatic carbocycles. The van der Waals surface area contributed by atoms with Gasteiger partial charge in [-0.2, -0.15) is 10.2 Å². The maximum atomic E-state index is 6.22. The predicted molar refractivity (Wildman–Crippen MR) is 90.6 cm³/mol. The molecule has 1 aromatic carbocycles. The molecule has 0 saturated heterocycles. The number of furan rings is 1. The fourth-order valence-electron chi connectivity index (χ4n) is 1.98. The van der Waals surface area contributed by atoms with Crippen LogP contribution in [-0.4, -0.2) is 17.6 Å². The molecule has 3 rings (SSSR count). The van der Waals surface area contributed by atoms with E-state index in [4.69, 9.17) is 32.1 Å². The van der Waals surface area contributed by atoms with Crippen LogP contribution in [-0.2, 0) is 0 Å². The molecule has 0 aliphatic rings. The summed E-state index contributed by atoms with van der Waals surface area (Å²) in [6.45, 7) is 1.78. The highest BCUT2D eigenvalue weighted by atomic mass is 35.5. The van der Waals surface area contributed by atoms with Gasteiger partial charge in [0.1, 0.15) is 17.2 Å². The van der Waals surface area contributed by atoms with Crippen molar-refractivity contribution in [2.24, 2.45) is 10.2 Å². The third-order valence-corrected chi connectivity index (χ3v) is 3.72. The summed E-state index contributed by atoms with van der Waals surface area (Å²) in [6, 6.07) is 8.79. The van der Waals surface area contributed by atoms with Crippen molar-refractivity contribution < 1.29 is 8.94 Å². The van der Waals surface area contributed by atoms with Crippen LogP contribution in [0.3, 0.4) is 0 Å². The van der Waals surface area contributed by atoms with Gasteiger partial charge >= 0.3 is 0 Å². The minimum Gasteiger partial charge on any atom is -0.463 e. The average Bonchev–Trinajstić information content (AvgIpc) is 3.15. The molecule has 2 aromatic heterocycles. The van der Waals surface area contributed by atoms with Gasteiger partial charge in [0.25, 0.3) is 0 Å². The molecule has 3 aromatic rings. The molecule has 0 bridgehead atoms. The zero-order valence-corrected chi connectivity index (χ0v) is 13.5. The van der Waals surface area contributed by atoms with Crippen molar-refractivity contribution in [3.63, 3.8) is 0 Å². The molecule has 116 valence electrons. The summed E-state index contributed by atoms with van der Waals surface area (Å²) in [4.78, 5) is 0. The first-order valence-corrected chi connectivity index (χ1v) is 7.43. The van der Waals surface area contributed by atoms with E-state index in [1.807, 2.05) is 0 Å². The lowest BCUT2D eigenvalue weighted by molar-refractivity contribution is 0.399. The molecule has 0 saturated carbocycles. The first-order valence-electron chi connectivity index (χ1n) is 6.67. The summed E-state index contributed by atoms with van der Waals surface area (Å²) in [6.07, 6.45) is 4.61. The Labute approximate surface area is 142 Å². The van der Waals surface area contributed by atoms with E-state index >= 15 is 0 Å². The largest absolute Gasteiger partial charge is 0.463 e. The number of aromatic nitrogens is 1. The van der Waals surface area contributed by atoms with E-state index in [9.17, 15) is 0 Å². The summed E-state index contributed by atoms with van der Waals surface area (Å²) in [5.41, 5.74) is 1.79. The second-order valence-corrected chi connectivity index (χ2v) is 5.42. The van der Waals surface area contributed by atoms with Crippen LogP contribution in [0.15, 0.2) is 55.7 Å². The Bertz CT molecular complexity index is 847. The highest BCUT2D eigenvalue weighted by molar-refractivity contribution is 6.39. The minimum atomic E-state index is 0.486. The van der Waals surface area contributed by atoms with Gasteiger partial charge in [-0.25, -0.2) is 0 Å². The van der Waals surface area contributed by atoms with Gasteiger partial charge in [-0.15, -0.1) is 0 Å². The van der Waals surface area contributed by atoms with E-state index in [0.717, 1.165) is 0 Å². The minimum absolute atomic E-state index is 0.486. The Kier molecular flexibility index (Phi) is 4.60. The smallest absolute Gasteiger partial charge is 0.146 e.